The molecule has 0 radical (unpaired) electrons. The zero-order chi connectivity index (χ0) is 20.8. The molecule has 0 saturated carbocycles. The van der Waals surface area contributed by atoms with Gasteiger partial charge in [-0.3, -0.25) is 19.7 Å². The monoisotopic (exact) mass is 410 g/mol. The van der Waals surface area contributed by atoms with Crippen molar-refractivity contribution in [3.63, 3.8) is 0 Å². The number of ether oxygens (including phenoxy) is 1. The first-order valence-corrected chi connectivity index (χ1v) is 10.8. The summed E-state index contributed by atoms with van der Waals surface area (Å²) < 4.78 is 5.91. The van der Waals surface area contributed by atoms with Gasteiger partial charge in [0.25, 0.3) is 5.91 Å². The van der Waals surface area contributed by atoms with Crippen LogP contribution in [0, 0.1) is 5.92 Å². The van der Waals surface area contributed by atoms with Gasteiger partial charge in [-0.2, -0.15) is 0 Å². The number of β-amino-alcohol motifs (C(OH)–C–C–N with tert-alkyl or cyclic N) is 1. The number of aliphatic hydroxyl groups excluding tert-OH is 1. The van der Waals surface area contributed by atoms with Crippen LogP contribution in [0.3, 0.4) is 0 Å². The maximum absolute atomic E-state index is 12.4. The number of amides is 1. The SMILES string of the molecule is O=C(COc1ccccc1CN1C[C@@H](Cc2cnccn2)[C@H](O)C1)N1CCCCC1. The van der Waals surface area contributed by atoms with E-state index in [9.17, 15) is 9.90 Å². The summed E-state index contributed by atoms with van der Waals surface area (Å²) in [6.07, 6.45) is 8.80. The summed E-state index contributed by atoms with van der Waals surface area (Å²) in [5, 5.41) is 10.5. The van der Waals surface area contributed by atoms with Gasteiger partial charge in [0.2, 0.25) is 0 Å². The Bertz CT molecular complexity index is 826. The topological polar surface area (TPSA) is 78.8 Å². The summed E-state index contributed by atoms with van der Waals surface area (Å²) in [6.45, 7) is 3.84. The van der Waals surface area contributed by atoms with Crippen LogP contribution in [0.5, 0.6) is 5.75 Å². The maximum Gasteiger partial charge on any atom is 0.260 e. The fourth-order valence-corrected chi connectivity index (χ4v) is 4.37. The summed E-state index contributed by atoms with van der Waals surface area (Å²) in [4.78, 5) is 25.0. The third-order valence-electron chi connectivity index (χ3n) is 6.00. The second-order valence-electron chi connectivity index (χ2n) is 8.26. The Morgan fingerprint density at radius 2 is 1.97 bits per heavy atom. The number of carbonyl (C=O) groups excluding carboxylic acids is 1. The molecule has 1 aromatic heterocycles. The molecule has 3 heterocycles. The fraction of sp³-hybridized carbons (Fsp3) is 0.522. The molecule has 1 aromatic carbocycles. The predicted octanol–water partition coefficient (Wildman–Crippen LogP) is 1.90. The van der Waals surface area contributed by atoms with Gasteiger partial charge in [-0.1, -0.05) is 18.2 Å². The molecule has 2 aliphatic rings. The zero-order valence-corrected chi connectivity index (χ0v) is 17.3. The van der Waals surface area contributed by atoms with Gasteiger partial charge in [0.15, 0.2) is 6.61 Å². The maximum atomic E-state index is 12.4. The van der Waals surface area contributed by atoms with Gasteiger partial charge in [-0.25, -0.2) is 0 Å². The van der Waals surface area contributed by atoms with E-state index in [2.05, 4.69) is 14.9 Å². The van der Waals surface area contributed by atoms with Crippen LogP contribution in [0.15, 0.2) is 42.9 Å². The molecule has 2 saturated heterocycles. The lowest BCUT2D eigenvalue weighted by Gasteiger charge is -2.27. The highest BCUT2D eigenvalue weighted by Crippen LogP contribution is 2.26. The number of rotatable bonds is 7. The number of benzene rings is 1. The average molecular weight is 411 g/mol. The van der Waals surface area contributed by atoms with Crippen molar-refractivity contribution >= 4 is 5.91 Å². The number of nitrogens with zero attached hydrogens (tertiary/aromatic N) is 4. The van der Waals surface area contributed by atoms with Gasteiger partial charge < -0.3 is 14.7 Å². The van der Waals surface area contributed by atoms with E-state index in [1.165, 1.54) is 6.42 Å². The van der Waals surface area contributed by atoms with Gasteiger partial charge in [-0.15, -0.1) is 0 Å². The molecule has 2 fully saturated rings. The number of hydrogen-bond acceptors (Lipinski definition) is 6. The Labute approximate surface area is 177 Å². The van der Waals surface area contributed by atoms with Crippen LogP contribution < -0.4 is 4.74 Å². The summed E-state index contributed by atoms with van der Waals surface area (Å²) >= 11 is 0. The minimum absolute atomic E-state index is 0.0603. The minimum atomic E-state index is -0.388. The molecule has 0 unspecified atom stereocenters. The van der Waals surface area contributed by atoms with E-state index in [4.69, 9.17) is 4.74 Å². The Morgan fingerprint density at radius 3 is 2.77 bits per heavy atom. The quantitative estimate of drug-likeness (QED) is 0.751. The van der Waals surface area contributed by atoms with Crippen molar-refractivity contribution in [3.05, 3.63) is 54.1 Å². The number of carbonyl (C=O) groups is 1. The van der Waals surface area contributed by atoms with Gasteiger partial charge in [0, 0.05) is 62.8 Å². The molecule has 30 heavy (non-hydrogen) atoms. The lowest BCUT2D eigenvalue weighted by atomic mass is 10.0. The van der Waals surface area contributed by atoms with Crippen molar-refractivity contribution in [1.29, 1.82) is 0 Å². The van der Waals surface area contributed by atoms with Crippen LogP contribution in [-0.4, -0.2) is 69.7 Å². The van der Waals surface area contributed by atoms with Crippen molar-refractivity contribution in [3.8, 4) is 5.75 Å². The van der Waals surface area contributed by atoms with Crippen molar-refractivity contribution in [2.24, 2.45) is 5.92 Å². The highest BCUT2D eigenvalue weighted by Gasteiger charge is 2.32. The summed E-state index contributed by atoms with van der Waals surface area (Å²) in [7, 11) is 0. The molecule has 7 nitrogen and oxygen atoms in total. The predicted molar refractivity (Wildman–Crippen MR) is 113 cm³/mol. The second kappa shape index (κ2) is 10.00. The number of hydrogen-bond donors (Lipinski definition) is 1. The van der Waals surface area contributed by atoms with Crippen LogP contribution in [-0.2, 0) is 17.8 Å². The standard InChI is InChI=1S/C23H30N4O3/c28-21-16-26(15-19(21)12-20-13-24-8-9-25-20)14-18-6-2-3-7-22(18)30-17-23(29)27-10-4-1-5-11-27/h2-3,6-9,13,19,21,28H,1,4-5,10-12,14-17H2/t19-,21-/m1/s1. The molecule has 0 aliphatic carbocycles. The molecule has 160 valence electrons. The van der Waals surface area contributed by atoms with E-state index in [-0.39, 0.29) is 24.5 Å². The minimum Gasteiger partial charge on any atom is -0.483 e. The van der Waals surface area contributed by atoms with Gasteiger partial charge in [0.1, 0.15) is 5.75 Å². The number of para-hydroxylation sites is 1. The zero-order valence-electron chi connectivity index (χ0n) is 17.3. The molecular weight excluding hydrogens is 380 g/mol. The van der Waals surface area contributed by atoms with E-state index in [0.717, 1.165) is 49.5 Å². The normalized spacial score (nSPS) is 22.2. The molecular formula is C23H30N4O3. The van der Waals surface area contributed by atoms with Crippen LogP contribution in [0.1, 0.15) is 30.5 Å². The first-order chi connectivity index (χ1) is 14.7. The van der Waals surface area contributed by atoms with Crippen LogP contribution >= 0.6 is 0 Å². The number of aromatic nitrogens is 2. The van der Waals surface area contributed by atoms with Crippen LogP contribution in [0.25, 0.3) is 0 Å². The second-order valence-corrected chi connectivity index (χ2v) is 8.26. The third-order valence-corrected chi connectivity index (χ3v) is 6.00. The number of piperidine rings is 1. The molecule has 7 heteroatoms. The van der Waals surface area contributed by atoms with Crippen molar-refractivity contribution < 1.29 is 14.6 Å². The van der Waals surface area contributed by atoms with E-state index >= 15 is 0 Å². The largest absolute Gasteiger partial charge is 0.483 e. The molecule has 2 aliphatic heterocycles. The molecule has 0 bridgehead atoms. The first-order valence-electron chi connectivity index (χ1n) is 10.8. The van der Waals surface area contributed by atoms with Crippen LogP contribution in [0.2, 0.25) is 0 Å². The van der Waals surface area contributed by atoms with Crippen molar-refractivity contribution in [2.75, 3.05) is 32.8 Å². The average Bonchev–Trinajstić information content (AvgIpc) is 3.12. The fourth-order valence-electron chi connectivity index (χ4n) is 4.37. The molecule has 4 rings (SSSR count). The highest BCUT2D eigenvalue weighted by atomic mass is 16.5. The van der Waals surface area contributed by atoms with E-state index < -0.39 is 0 Å². The number of aliphatic hydroxyl groups is 1. The molecule has 2 aromatic rings. The summed E-state index contributed by atoms with van der Waals surface area (Å²) in [6, 6.07) is 7.86. The number of likely N-dealkylation sites (tertiary alicyclic amines) is 2. The van der Waals surface area contributed by atoms with Gasteiger partial charge in [0.05, 0.1) is 11.8 Å². The Kier molecular flexibility index (Phi) is 6.92. The molecule has 0 spiro atoms. The third kappa shape index (κ3) is 5.34. The van der Waals surface area contributed by atoms with Gasteiger partial charge in [-0.05, 0) is 31.7 Å². The first kappa shape index (κ1) is 20.8. The van der Waals surface area contributed by atoms with Crippen molar-refractivity contribution in [1.82, 2.24) is 19.8 Å². The lowest BCUT2D eigenvalue weighted by Crippen LogP contribution is -2.38. The summed E-state index contributed by atoms with van der Waals surface area (Å²) in [5.74, 6) is 0.940. The Hall–Kier alpha value is -2.51. The Balaban J connectivity index is 1.33. The van der Waals surface area contributed by atoms with Gasteiger partial charge >= 0.3 is 0 Å². The van der Waals surface area contributed by atoms with Crippen molar-refractivity contribution in [2.45, 2.75) is 38.3 Å². The molecule has 1 amide bonds. The highest BCUT2D eigenvalue weighted by molar-refractivity contribution is 5.77. The smallest absolute Gasteiger partial charge is 0.260 e. The van der Waals surface area contributed by atoms with Crippen LogP contribution in [0.4, 0.5) is 0 Å². The molecule has 1 N–H and O–H groups in total. The van der Waals surface area contributed by atoms with E-state index in [1.807, 2.05) is 29.2 Å². The summed E-state index contributed by atoms with van der Waals surface area (Å²) in [5.41, 5.74) is 1.94. The lowest BCUT2D eigenvalue weighted by molar-refractivity contribution is -0.134. The Morgan fingerprint density at radius 1 is 1.13 bits per heavy atom. The van der Waals surface area contributed by atoms with E-state index in [1.54, 1.807) is 18.6 Å². The van der Waals surface area contributed by atoms with E-state index in [0.29, 0.717) is 19.5 Å². The molecule has 2 atom stereocenters.